The van der Waals surface area contributed by atoms with Crippen LogP contribution in [0.25, 0.3) is 6.08 Å². The van der Waals surface area contributed by atoms with E-state index in [1.165, 1.54) is 12.1 Å². The summed E-state index contributed by atoms with van der Waals surface area (Å²) in [6.07, 6.45) is 1.66. The lowest BCUT2D eigenvalue weighted by atomic mass is 10.2. The number of hydrogen-bond donors (Lipinski definition) is 0. The van der Waals surface area contributed by atoms with Gasteiger partial charge in [0, 0.05) is 5.02 Å². The fourth-order valence-corrected chi connectivity index (χ4v) is 3.94. The number of halogens is 2. The number of thioether (sulfide) groups is 1. The SMILES string of the molecule is O=C1S/C(=C/c2ccc(OCc3cccc(F)c3)cc2)C(=O)N1c1cccc(Cl)c1. The highest BCUT2D eigenvalue weighted by atomic mass is 35.5. The van der Waals surface area contributed by atoms with Crippen LogP contribution in [0.5, 0.6) is 5.75 Å². The minimum absolute atomic E-state index is 0.246. The highest BCUT2D eigenvalue weighted by Gasteiger charge is 2.36. The lowest BCUT2D eigenvalue weighted by Crippen LogP contribution is -2.27. The summed E-state index contributed by atoms with van der Waals surface area (Å²) in [5.74, 6) is -0.0830. The molecule has 150 valence electrons. The first-order valence-corrected chi connectivity index (χ1v) is 10.2. The van der Waals surface area contributed by atoms with Crippen LogP contribution in [0.3, 0.4) is 0 Å². The van der Waals surface area contributed by atoms with Crippen LogP contribution >= 0.6 is 23.4 Å². The van der Waals surface area contributed by atoms with Crippen LogP contribution in [-0.2, 0) is 11.4 Å². The van der Waals surface area contributed by atoms with E-state index in [1.54, 1.807) is 66.7 Å². The Morgan fingerprint density at radius 2 is 1.77 bits per heavy atom. The molecule has 4 nitrogen and oxygen atoms in total. The summed E-state index contributed by atoms with van der Waals surface area (Å²) < 4.78 is 18.9. The van der Waals surface area contributed by atoms with Crippen LogP contribution in [-0.4, -0.2) is 11.1 Å². The van der Waals surface area contributed by atoms with Crippen molar-refractivity contribution >= 4 is 46.3 Å². The number of anilines is 1. The number of ether oxygens (including phenoxy) is 1. The first-order valence-electron chi connectivity index (χ1n) is 9.00. The van der Waals surface area contributed by atoms with Crippen molar-refractivity contribution in [2.45, 2.75) is 6.61 Å². The first-order chi connectivity index (χ1) is 14.5. The van der Waals surface area contributed by atoms with Gasteiger partial charge >= 0.3 is 0 Å². The molecule has 1 saturated heterocycles. The maximum absolute atomic E-state index is 13.2. The van der Waals surface area contributed by atoms with E-state index in [9.17, 15) is 14.0 Å². The summed E-state index contributed by atoms with van der Waals surface area (Å²) in [7, 11) is 0. The van der Waals surface area contributed by atoms with E-state index in [1.807, 2.05) is 0 Å². The van der Waals surface area contributed by atoms with Crippen LogP contribution in [0.4, 0.5) is 14.9 Å². The maximum Gasteiger partial charge on any atom is 0.298 e. The number of amides is 2. The topological polar surface area (TPSA) is 46.6 Å². The Kier molecular flexibility index (Phi) is 5.88. The third-order valence-corrected chi connectivity index (χ3v) is 5.44. The second kappa shape index (κ2) is 8.73. The summed E-state index contributed by atoms with van der Waals surface area (Å²) in [5.41, 5.74) is 1.92. The number of hydrogen-bond acceptors (Lipinski definition) is 4. The van der Waals surface area contributed by atoms with Gasteiger partial charge in [0.25, 0.3) is 11.1 Å². The van der Waals surface area contributed by atoms with Crippen molar-refractivity contribution in [3.05, 3.63) is 99.7 Å². The van der Waals surface area contributed by atoms with Crippen molar-refractivity contribution in [3.8, 4) is 5.75 Å². The molecule has 0 atom stereocenters. The average molecular weight is 440 g/mol. The summed E-state index contributed by atoms with van der Waals surface area (Å²) >= 11 is 6.85. The van der Waals surface area contributed by atoms with Gasteiger partial charge in [-0.2, -0.15) is 0 Å². The molecule has 3 aromatic rings. The van der Waals surface area contributed by atoms with Crippen molar-refractivity contribution in [2.75, 3.05) is 4.90 Å². The smallest absolute Gasteiger partial charge is 0.298 e. The Hall–Kier alpha value is -3.09. The van der Waals surface area contributed by atoms with Gasteiger partial charge in [0.1, 0.15) is 18.2 Å². The Bertz CT molecular complexity index is 1150. The molecule has 0 radical (unpaired) electrons. The summed E-state index contributed by atoms with van der Waals surface area (Å²) in [4.78, 5) is 26.5. The number of nitrogens with zero attached hydrogens (tertiary/aromatic N) is 1. The van der Waals surface area contributed by atoms with Crippen LogP contribution < -0.4 is 9.64 Å². The molecule has 3 aromatic carbocycles. The number of imide groups is 1. The van der Waals surface area contributed by atoms with Gasteiger partial charge in [-0.25, -0.2) is 9.29 Å². The molecule has 0 bridgehead atoms. The van der Waals surface area contributed by atoms with Crippen molar-refractivity contribution in [2.24, 2.45) is 0 Å². The Labute approximate surface area is 181 Å². The average Bonchev–Trinajstić information content (AvgIpc) is 3.00. The van der Waals surface area contributed by atoms with Gasteiger partial charge in [0.15, 0.2) is 0 Å². The molecule has 1 heterocycles. The lowest BCUT2D eigenvalue weighted by molar-refractivity contribution is -0.113. The van der Waals surface area contributed by atoms with E-state index in [-0.39, 0.29) is 17.7 Å². The van der Waals surface area contributed by atoms with Crippen LogP contribution in [0, 0.1) is 5.82 Å². The van der Waals surface area contributed by atoms with E-state index in [0.717, 1.165) is 27.8 Å². The molecule has 30 heavy (non-hydrogen) atoms. The highest BCUT2D eigenvalue weighted by Crippen LogP contribution is 2.36. The second-order valence-corrected chi connectivity index (χ2v) is 7.91. The van der Waals surface area contributed by atoms with Gasteiger partial charge in [0.2, 0.25) is 0 Å². The molecular formula is C23H15ClFNO3S. The predicted molar refractivity (Wildman–Crippen MR) is 117 cm³/mol. The number of carbonyl (C=O) groups is 2. The van der Waals surface area contributed by atoms with Crippen molar-refractivity contribution < 1.29 is 18.7 Å². The molecule has 0 aromatic heterocycles. The van der Waals surface area contributed by atoms with Gasteiger partial charge in [-0.05, 0) is 71.4 Å². The quantitative estimate of drug-likeness (QED) is 0.438. The zero-order valence-electron chi connectivity index (χ0n) is 15.5. The van der Waals surface area contributed by atoms with Gasteiger partial charge in [-0.15, -0.1) is 0 Å². The number of rotatable bonds is 5. The van der Waals surface area contributed by atoms with Crippen molar-refractivity contribution in [3.63, 3.8) is 0 Å². The molecule has 0 aliphatic carbocycles. The fourth-order valence-electron chi connectivity index (χ4n) is 2.91. The van der Waals surface area contributed by atoms with E-state index in [2.05, 4.69) is 0 Å². The zero-order chi connectivity index (χ0) is 21.1. The normalized spacial score (nSPS) is 15.1. The highest BCUT2D eigenvalue weighted by molar-refractivity contribution is 8.19. The van der Waals surface area contributed by atoms with Crippen molar-refractivity contribution in [1.29, 1.82) is 0 Å². The van der Waals surface area contributed by atoms with E-state index in [4.69, 9.17) is 16.3 Å². The molecule has 0 N–H and O–H groups in total. The Balaban J connectivity index is 1.45. The van der Waals surface area contributed by atoms with Gasteiger partial charge in [0.05, 0.1) is 10.6 Å². The molecule has 1 fully saturated rings. The molecule has 0 saturated carbocycles. The molecule has 1 aliphatic heterocycles. The molecule has 1 aliphatic rings. The molecular weight excluding hydrogens is 425 g/mol. The maximum atomic E-state index is 13.2. The number of carbonyl (C=O) groups excluding carboxylic acids is 2. The second-order valence-electron chi connectivity index (χ2n) is 6.48. The Morgan fingerprint density at radius 3 is 2.50 bits per heavy atom. The predicted octanol–water partition coefficient (Wildman–Crippen LogP) is 6.30. The first kappa shape index (κ1) is 20.2. The van der Waals surface area contributed by atoms with Gasteiger partial charge in [-0.1, -0.05) is 41.9 Å². The standard InChI is InChI=1S/C23H15ClFNO3S/c24-17-4-2-6-19(13-17)26-22(27)21(30-23(26)28)12-15-7-9-20(10-8-15)29-14-16-3-1-5-18(25)11-16/h1-13H,14H2/b21-12+. The summed E-state index contributed by atoms with van der Waals surface area (Å²) in [6, 6.07) is 19.9. The van der Waals surface area contributed by atoms with E-state index >= 15 is 0 Å². The van der Waals surface area contributed by atoms with Gasteiger partial charge < -0.3 is 4.74 Å². The summed E-state index contributed by atoms with van der Waals surface area (Å²) in [5, 5.41) is 0.0768. The third kappa shape index (κ3) is 4.56. The molecule has 4 rings (SSSR count). The summed E-state index contributed by atoms with van der Waals surface area (Å²) in [6.45, 7) is 0.246. The third-order valence-electron chi connectivity index (χ3n) is 4.33. The Morgan fingerprint density at radius 1 is 1.00 bits per heavy atom. The van der Waals surface area contributed by atoms with Crippen LogP contribution in [0.2, 0.25) is 5.02 Å². The lowest BCUT2D eigenvalue weighted by Gasteiger charge is -2.12. The minimum atomic E-state index is -0.390. The number of benzene rings is 3. The molecule has 2 amide bonds. The molecule has 0 spiro atoms. The van der Waals surface area contributed by atoms with Gasteiger partial charge in [-0.3, -0.25) is 9.59 Å². The zero-order valence-corrected chi connectivity index (χ0v) is 17.1. The largest absolute Gasteiger partial charge is 0.489 e. The monoisotopic (exact) mass is 439 g/mol. The van der Waals surface area contributed by atoms with Crippen molar-refractivity contribution in [1.82, 2.24) is 0 Å². The van der Waals surface area contributed by atoms with Crippen LogP contribution in [0.15, 0.2) is 77.7 Å². The van der Waals surface area contributed by atoms with E-state index in [0.29, 0.717) is 21.4 Å². The molecule has 7 heteroatoms. The fraction of sp³-hybridized carbons (Fsp3) is 0.0435. The minimum Gasteiger partial charge on any atom is -0.489 e. The van der Waals surface area contributed by atoms with Crippen LogP contribution in [0.1, 0.15) is 11.1 Å². The molecule has 0 unspecified atom stereocenters. The van der Waals surface area contributed by atoms with E-state index < -0.39 is 5.91 Å².